The van der Waals surface area contributed by atoms with Crippen LogP contribution in [0.4, 0.5) is 21.5 Å². The quantitative estimate of drug-likeness (QED) is 0.215. The number of nitrogens with one attached hydrogen (secondary N) is 2. The Balaban J connectivity index is 1.05. The standard InChI is InChI=1S/C41H43FN6O4S/c1-27-10-7-12-32(42)35(27)45-39(50)34-26-29-18-23-48(33-13-8-19-43-36(33)37(29)53-34)41(51)28-14-16-30(17-15-28)44-38(49)31-11-9-20-46(2)40(31)47-21-3-5-24-52-25-6-4-22-47/h7-17,19-20,26,40H,3-6,18,21-25H2,1-2H3,(H,44,49)(H,45,50). The minimum atomic E-state index is -0.491. The van der Waals surface area contributed by atoms with Crippen molar-refractivity contribution in [1.82, 2.24) is 14.8 Å². The van der Waals surface area contributed by atoms with Crippen molar-refractivity contribution in [2.75, 3.05) is 55.4 Å². The number of allylic oxidation sites excluding steroid dienone is 2. The van der Waals surface area contributed by atoms with Gasteiger partial charge in [0.25, 0.3) is 17.7 Å². The first kappa shape index (κ1) is 36.2. The van der Waals surface area contributed by atoms with Crippen molar-refractivity contribution in [2.24, 2.45) is 0 Å². The predicted molar refractivity (Wildman–Crippen MR) is 207 cm³/mol. The molecule has 4 aromatic rings. The normalized spacial score (nSPS) is 17.9. The maximum atomic E-state index is 14.5. The molecule has 1 saturated heterocycles. The fourth-order valence-corrected chi connectivity index (χ4v) is 8.22. The molecule has 1 unspecified atom stereocenters. The lowest BCUT2D eigenvalue weighted by molar-refractivity contribution is -0.114. The number of likely N-dealkylation sites (N-methyl/N-ethyl adjacent to an activating group) is 1. The van der Waals surface area contributed by atoms with Crippen molar-refractivity contribution >= 4 is 46.1 Å². The third-order valence-corrected chi connectivity index (χ3v) is 11.0. The van der Waals surface area contributed by atoms with E-state index >= 15 is 0 Å². The van der Waals surface area contributed by atoms with Gasteiger partial charge in [0.15, 0.2) is 0 Å². The molecule has 0 spiro atoms. The number of rotatable bonds is 6. The summed E-state index contributed by atoms with van der Waals surface area (Å²) in [5.41, 5.74) is 4.68. The number of hydrogen-bond acceptors (Lipinski definition) is 8. The highest BCUT2D eigenvalue weighted by Crippen LogP contribution is 2.41. The van der Waals surface area contributed by atoms with Gasteiger partial charge in [0.1, 0.15) is 17.7 Å². The Kier molecular flexibility index (Phi) is 11.1. The highest BCUT2D eigenvalue weighted by Gasteiger charge is 2.32. The number of benzene rings is 2. The van der Waals surface area contributed by atoms with Crippen LogP contribution >= 0.6 is 11.3 Å². The molecule has 0 saturated carbocycles. The summed E-state index contributed by atoms with van der Waals surface area (Å²) in [6.07, 6.45) is 11.8. The zero-order valence-electron chi connectivity index (χ0n) is 29.9. The largest absolute Gasteiger partial charge is 0.381 e. The van der Waals surface area contributed by atoms with Gasteiger partial charge < -0.3 is 25.2 Å². The highest BCUT2D eigenvalue weighted by molar-refractivity contribution is 7.17. The van der Waals surface area contributed by atoms with Gasteiger partial charge >= 0.3 is 0 Å². The number of anilines is 3. The van der Waals surface area contributed by atoms with E-state index in [2.05, 4.69) is 25.4 Å². The van der Waals surface area contributed by atoms with Crippen LogP contribution in [0.15, 0.2) is 90.8 Å². The number of thiophene rings is 1. The van der Waals surface area contributed by atoms with Crippen molar-refractivity contribution in [2.45, 2.75) is 45.2 Å². The third-order valence-electron chi connectivity index (χ3n) is 9.86. The average molecular weight is 735 g/mol. The fourth-order valence-electron chi connectivity index (χ4n) is 7.11. The van der Waals surface area contributed by atoms with Gasteiger partial charge in [-0.1, -0.05) is 12.1 Å². The lowest BCUT2D eigenvalue weighted by Crippen LogP contribution is -2.50. The fraction of sp³-hybridized carbons (Fsp3) is 0.317. The van der Waals surface area contributed by atoms with Crippen LogP contribution in [0.2, 0.25) is 0 Å². The number of amides is 3. The van der Waals surface area contributed by atoms with Gasteiger partial charge in [-0.25, -0.2) is 4.39 Å². The Bertz CT molecular complexity index is 2030. The second kappa shape index (κ2) is 16.2. The molecule has 2 N–H and O–H groups in total. The summed E-state index contributed by atoms with van der Waals surface area (Å²) in [4.78, 5) is 53.1. The van der Waals surface area contributed by atoms with Crippen LogP contribution < -0.4 is 15.5 Å². The Morgan fingerprint density at radius 1 is 0.925 bits per heavy atom. The Hall–Kier alpha value is -5.17. The summed E-state index contributed by atoms with van der Waals surface area (Å²) in [6.45, 7) is 5.41. The predicted octanol–water partition coefficient (Wildman–Crippen LogP) is 7.26. The average Bonchev–Trinajstić information content (AvgIpc) is 3.53. The number of para-hydroxylation sites is 1. The van der Waals surface area contributed by atoms with Crippen LogP contribution in [0.25, 0.3) is 10.6 Å². The van der Waals surface area contributed by atoms with Crippen LogP contribution in [-0.4, -0.2) is 78.6 Å². The van der Waals surface area contributed by atoms with Crippen molar-refractivity contribution in [3.05, 3.63) is 118 Å². The molecule has 3 aliphatic heterocycles. The van der Waals surface area contributed by atoms with E-state index in [9.17, 15) is 18.8 Å². The first-order chi connectivity index (χ1) is 25.8. The molecule has 10 nitrogen and oxygen atoms in total. The minimum absolute atomic E-state index is 0.159. The van der Waals surface area contributed by atoms with Crippen LogP contribution in [-0.2, 0) is 16.0 Å². The smallest absolute Gasteiger partial charge is 0.265 e. The summed E-state index contributed by atoms with van der Waals surface area (Å²) in [5.74, 6) is -1.27. The number of aryl methyl sites for hydroxylation is 1. The van der Waals surface area contributed by atoms with Crippen molar-refractivity contribution in [3.8, 4) is 10.6 Å². The summed E-state index contributed by atoms with van der Waals surface area (Å²) in [7, 11) is 2.00. The van der Waals surface area contributed by atoms with Gasteiger partial charge in [0.05, 0.1) is 26.7 Å². The van der Waals surface area contributed by atoms with Gasteiger partial charge in [0, 0.05) is 63.5 Å². The number of halogens is 1. The SMILES string of the molecule is Cc1cccc(F)c1NC(=O)c1cc2c(s1)-c1ncccc1N(C(=O)c1ccc(NC(=O)C3=CC=CN(C)C3N3CCCCOCCCC3)cc1)CC2. The van der Waals surface area contributed by atoms with E-state index in [0.717, 1.165) is 62.4 Å². The summed E-state index contributed by atoms with van der Waals surface area (Å²) in [5, 5.41) is 5.79. The monoisotopic (exact) mass is 734 g/mol. The second-order valence-corrected chi connectivity index (χ2v) is 14.6. The molecular formula is C41H43FN6O4S. The van der Waals surface area contributed by atoms with Gasteiger partial charge in [0.2, 0.25) is 0 Å². The molecule has 5 heterocycles. The van der Waals surface area contributed by atoms with Gasteiger partial charge in [-0.15, -0.1) is 11.3 Å². The Labute approximate surface area is 313 Å². The molecule has 3 amide bonds. The lowest BCUT2D eigenvalue weighted by Gasteiger charge is -2.40. The van der Waals surface area contributed by atoms with Crippen molar-refractivity contribution in [3.63, 3.8) is 0 Å². The molecular weight excluding hydrogens is 692 g/mol. The summed E-state index contributed by atoms with van der Waals surface area (Å²) < 4.78 is 20.2. The number of carbonyl (C=O) groups excluding carboxylic acids is 3. The van der Waals surface area contributed by atoms with Gasteiger partial charge in [-0.05, 0) is 111 Å². The van der Waals surface area contributed by atoms with Gasteiger partial charge in [-0.2, -0.15) is 0 Å². The number of aromatic nitrogens is 1. The van der Waals surface area contributed by atoms with E-state index in [4.69, 9.17) is 4.74 Å². The number of fused-ring (bicyclic) bond motifs is 3. The van der Waals surface area contributed by atoms with E-state index in [1.54, 1.807) is 66.6 Å². The van der Waals surface area contributed by atoms with Crippen LogP contribution in [0.5, 0.6) is 0 Å². The molecule has 2 aromatic carbocycles. The van der Waals surface area contributed by atoms with E-state index in [-0.39, 0.29) is 23.7 Å². The molecule has 274 valence electrons. The van der Waals surface area contributed by atoms with E-state index < -0.39 is 11.7 Å². The zero-order valence-corrected chi connectivity index (χ0v) is 30.8. The van der Waals surface area contributed by atoms with Crippen molar-refractivity contribution in [1.29, 1.82) is 0 Å². The Morgan fingerprint density at radius 2 is 1.70 bits per heavy atom. The molecule has 0 aliphatic carbocycles. The van der Waals surface area contributed by atoms with E-state index in [1.165, 1.54) is 17.4 Å². The molecule has 12 heteroatoms. The third kappa shape index (κ3) is 7.95. The maximum absolute atomic E-state index is 14.5. The lowest BCUT2D eigenvalue weighted by atomic mass is 10.1. The molecule has 7 rings (SSSR count). The first-order valence-corrected chi connectivity index (χ1v) is 18.9. The first-order valence-electron chi connectivity index (χ1n) is 18.1. The number of carbonyl (C=O) groups is 3. The molecule has 1 atom stereocenters. The van der Waals surface area contributed by atoms with E-state index in [0.29, 0.717) is 51.6 Å². The number of nitrogens with zero attached hydrogens (tertiary/aromatic N) is 4. The molecule has 0 bridgehead atoms. The molecule has 53 heavy (non-hydrogen) atoms. The zero-order chi connectivity index (χ0) is 36.9. The van der Waals surface area contributed by atoms with E-state index in [1.807, 2.05) is 31.5 Å². The second-order valence-electron chi connectivity index (χ2n) is 13.5. The van der Waals surface area contributed by atoms with Gasteiger partial charge in [-0.3, -0.25) is 24.3 Å². The van der Waals surface area contributed by atoms with Crippen LogP contribution in [0.3, 0.4) is 0 Å². The molecule has 2 aromatic heterocycles. The molecule has 1 fully saturated rings. The summed E-state index contributed by atoms with van der Waals surface area (Å²) >= 11 is 1.28. The molecule has 3 aliphatic rings. The maximum Gasteiger partial charge on any atom is 0.265 e. The summed E-state index contributed by atoms with van der Waals surface area (Å²) in [6, 6.07) is 17.1. The minimum Gasteiger partial charge on any atom is -0.381 e. The van der Waals surface area contributed by atoms with Crippen LogP contribution in [0.1, 0.15) is 56.8 Å². The topological polar surface area (TPSA) is 107 Å². The van der Waals surface area contributed by atoms with Crippen molar-refractivity contribution < 1.29 is 23.5 Å². The number of hydrogen-bond donors (Lipinski definition) is 2. The Morgan fingerprint density at radius 3 is 2.45 bits per heavy atom. The number of pyridine rings is 1. The number of ether oxygens (including phenoxy) is 1. The molecule has 0 radical (unpaired) electrons. The van der Waals surface area contributed by atoms with Crippen LogP contribution in [0, 0.1) is 12.7 Å². The highest BCUT2D eigenvalue weighted by atomic mass is 32.1.